The SMILES string of the molecule is CNCCc1cccc(-c2cccc(Cl)c2)c1.Cl. The molecule has 0 saturated heterocycles. The molecule has 1 N–H and O–H groups in total. The van der Waals surface area contributed by atoms with E-state index in [9.17, 15) is 0 Å². The molecule has 0 spiro atoms. The van der Waals surface area contributed by atoms with Crippen molar-refractivity contribution in [3.05, 3.63) is 59.1 Å². The minimum absolute atomic E-state index is 0. The highest BCUT2D eigenvalue weighted by molar-refractivity contribution is 6.30. The van der Waals surface area contributed by atoms with Crippen LogP contribution in [0.2, 0.25) is 5.02 Å². The van der Waals surface area contributed by atoms with E-state index < -0.39 is 0 Å². The highest BCUT2D eigenvalue weighted by Gasteiger charge is 2.00. The minimum Gasteiger partial charge on any atom is -0.319 e. The second-order valence-corrected chi connectivity index (χ2v) is 4.50. The predicted molar refractivity (Wildman–Crippen MR) is 81.8 cm³/mol. The molecule has 3 heteroatoms. The van der Waals surface area contributed by atoms with Gasteiger partial charge in [0.1, 0.15) is 0 Å². The number of nitrogens with one attached hydrogen (secondary N) is 1. The fourth-order valence-electron chi connectivity index (χ4n) is 1.84. The number of benzene rings is 2. The van der Waals surface area contributed by atoms with Gasteiger partial charge in [0.15, 0.2) is 0 Å². The van der Waals surface area contributed by atoms with Crippen molar-refractivity contribution in [3.8, 4) is 11.1 Å². The summed E-state index contributed by atoms with van der Waals surface area (Å²) in [7, 11) is 1.97. The first-order valence-corrected chi connectivity index (χ1v) is 6.17. The fraction of sp³-hybridized carbons (Fsp3) is 0.200. The van der Waals surface area contributed by atoms with Gasteiger partial charge >= 0.3 is 0 Å². The molecule has 18 heavy (non-hydrogen) atoms. The standard InChI is InChI=1S/C15H16ClN.ClH/c1-17-9-8-12-4-2-5-13(10-12)14-6-3-7-15(16)11-14;/h2-7,10-11,17H,8-9H2,1H3;1H. The molecule has 1 nitrogen and oxygen atoms in total. The van der Waals surface area contributed by atoms with Gasteiger partial charge in [-0.25, -0.2) is 0 Å². The Bertz CT molecular complexity index is 497. The van der Waals surface area contributed by atoms with E-state index in [-0.39, 0.29) is 12.4 Å². The Kier molecular flexibility index (Phi) is 6.20. The molecule has 0 aliphatic rings. The average Bonchev–Trinajstić information content (AvgIpc) is 2.37. The summed E-state index contributed by atoms with van der Waals surface area (Å²) >= 11 is 6.01. The zero-order valence-electron chi connectivity index (χ0n) is 10.3. The lowest BCUT2D eigenvalue weighted by Crippen LogP contribution is -2.10. The molecule has 0 unspecified atom stereocenters. The van der Waals surface area contributed by atoms with Gasteiger partial charge in [0.05, 0.1) is 0 Å². The van der Waals surface area contributed by atoms with Crippen molar-refractivity contribution in [2.75, 3.05) is 13.6 Å². The minimum atomic E-state index is 0. The van der Waals surface area contributed by atoms with Gasteiger partial charge in [-0.3, -0.25) is 0 Å². The largest absolute Gasteiger partial charge is 0.319 e. The van der Waals surface area contributed by atoms with Crippen LogP contribution in [0.25, 0.3) is 11.1 Å². The van der Waals surface area contributed by atoms with Gasteiger partial charge in [-0.05, 0) is 48.8 Å². The Balaban J connectivity index is 0.00000162. The number of likely N-dealkylation sites (N-methyl/N-ethyl adjacent to an activating group) is 1. The van der Waals surface area contributed by atoms with E-state index >= 15 is 0 Å². The van der Waals surface area contributed by atoms with Gasteiger partial charge in [0.25, 0.3) is 0 Å². The van der Waals surface area contributed by atoms with Crippen LogP contribution in [0.1, 0.15) is 5.56 Å². The van der Waals surface area contributed by atoms with Crippen molar-refractivity contribution in [3.63, 3.8) is 0 Å². The summed E-state index contributed by atoms with van der Waals surface area (Å²) < 4.78 is 0. The first kappa shape index (κ1) is 15.0. The Morgan fingerprint density at radius 3 is 2.33 bits per heavy atom. The monoisotopic (exact) mass is 281 g/mol. The van der Waals surface area contributed by atoms with Crippen LogP contribution < -0.4 is 5.32 Å². The molecule has 0 bridgehead atoms. The maximum absolute atomic E-state index is 6.01. The highest BCUT2D eigenvalue weighted by atomic mass is 35.5. The van der Waals surface area contributed by atoms with E-state index in [0.717, 1.165) is 18.0 Å². The van der Waals surface area contributed by atoms with Crippen LogP contribution in [0.5, 0.6) is 0 Å². The zero-order chi connectivity index (χ0) is 12.1. The van der Waals surface area contributed by atoms with Crippen LogP contribution in [-0.2, 0) is 6.42 Å². The van der Waals surface area contributed by atoms with E-state index in [1.807, 2.05) is 25.2 Å². The van der Waals surface area contributed by atoms with Gasteiger partial charge < -0.3 is 5.32 Å². The molecule has 0 aliphatic heterocycles. The van der Waals surface area contributed by atoms with E-state index in [4.69, 9.17) is 11.6 Å². The van der Waals surface area contributed by atoms with Crippen molar-refractivity contribution in [1.82, 2.24) is 5.32 Å². The van der Waals surface area contributed by atoms with Crippen molar-refractivity contribution < 1.29 is 0 Å². The Morgan fingerprint density at radius 2 is 1.67 bits per heavy atom. The molecule has 2 aromatic carbocycles. The van der Waals surface area contributed by atoms with Gasteiger partial charge in [-0.15, -0.1) is 12.4 Å². The summed E-state index contributed by atoms with van der Waals surface area (Å²) in [6, 6.07) is 16.6. The lowest BCUT2D eigenvalue weighted by Gasteiger charge is -2.06. The third kappa shape index (κ3) is 4.02. The lowest BCUT2D eigenvalue weighted by atomic mass is 10.0. The molecule has 0 radical (unpaired) electrons. The van der Waals surface area contributed by atoms with Gasteiger partial charge in [-0.1, -0.05) is 48.0 Å². The molecule has 0 aliphatic carbocycles. The topological polar surface area (TPSA) is 12.0 Å². The van der Waals surface area contributed by atoms with Crippen molar-refractivity contribution in [1.29, 1.82) is 0 Å². The van der Waals surface area contributed by atoms with E-state index in [1.165, 1.54) is 16.7 Å². The lowest BCUT2D eigenvalue weighted by molar-refractivity contribution is 0.792. The van der Waals surface area contributed by atoms with Crippen LogP contribution in [0.15, 0.2) is 48.5 Å². The van der Waals surface area contributed by atoms with Gasteiger partial charge in [-0.2, -0.15) is 0 Å². The van der Waals surface area contributed by atoms with Gasteiger partial charge in [0, 0.05) is 5.02 Å². The van der Waals surface area contributed by atoms with Gasteiger partial charge in [0.2, 0.25) is 0 Å². The Hall–Kier alpha value is -1.02. The average molecular weight is 282 g/mol. The third-order valence-electron chi connectivity index (χ3n) is 2.75. The maximum Gasteiger partial charge on any atom is 0.0412 e. The van der Waals surface area contributed by atoms with Crippen molar-refractivity contribution >= 4 is 24.0 Å². The fourth-order valence-corrected chi connectivity index (χ4v) is 2.03. The third-order valence-corrected chi connectivity index (χ3v) is 2.98. The van der Waals surface area contributed by atoms with E-state index in [1.54, 1.807) is 0 Å². The second kappa shape index (κ2) is 7.42. The smallest absolute Gasteiger partial charge is 0.0412 e. The molecule has 2 rings (SSSR count). The summed E-state index contributed by atoms with van der Waals surface area (Å²) in [6.07, 6.45) is 1.05. The Morgan fingerprint density at radius 1 is 1.00 bits per heavy atom. The predicted octanol–water partition coefficient (Wildman–Crippen LogP) is 4.19. The molecular formula is C15H17Cl2N. The first-order chi connectivity index (χ1) is 8.29. The molecule has 96 valence electrons. The van der Waals surface area contributed by atoms with E-state index in [0.29, 0.717) is 0 Å². The van der Waals surface area contributed by atoms with Crippen LogP contribution in [-0.4, -0.2) is 13.6 Å². The molecule has 0 amide bonds. The van der Waals surface area contributed by atoms with Crippen LogP contribution >= 0.6 is 24.0 Å². The normalized spacial score (nSPS) is 9.89. The summed E-state index contributed by atoms with van der Waals surface area (Å²) in [5.74, 6) is 0. The summed E-state index contributed by atoms with van der Waals surface area (Å²) in [4.78, 5) is 0. The summed E-state index contributed by atoms with van der Waals surface area (Å²) in [6.45, 7) is 0.999. The summed E-state index contributed by atoms with van der Waals surface area (Å²) in [5.41, 5.74) is 3.74. The second-order valence-electron chi connectivity index (χ2n) is 4.06. The van der Waals surface area contributed by atoms with Crippen LogP contribution in [0.4, 0.5) is 0 Å². The number of hydrogen-bond donors (Lipinski definition) is 1. The summed E-state index contributed by atoms with van der Waals surface area (Å²) in [5, 5.41) is 3.94. The zero-order valence-corrected chi connectivity index (χ0v) is 11.9. The molecular weight excluding hydrogens is 265 g/mol. The molecule has 0 atom stereocenters. The highest BCUT2D eigenvalue weighted by Crippen LogP contribution is 2.23. The molecule has 0 aromatic heterocycles. The number of halogens is 2. The van der Waals surface area contributed by atoms with Crippen molar-refractivity contribution in [2.45, 2.75) is 6.42 Å². The molecule has 0 fully saturated rings. The Labute approximate surface area is 120 Å². The number of rotatable bonds is 4. The van der Waals surface area contributed by atoms with E-state index in [2.05, 4.69) is 35.6 Å². The molecule has 0 saturated carbocycles. The first-order valence-electron chi connectivity index (χ1n) is 5.79. The van der Waals surface area contributed by atoms with Crippen LogP contribution in [0, 0.1) is 0 Å². The number of hydrogen-bond acceptors (Lipinski definition) is 1. The maximum atomic E-state index is 6.01. The molecule has 2 aromatic rings. The van der Waals surface area contributed by atoms with Crippen LogP contribution in [0.3, 0.4) is 0 Å². The quantitative estimate of drug-likeness (QED) is 0.886. The van der Waals surface area contributed by atoms with Crippen molar-refractivity contribution in [2.24, 2.45) is 0 Å². The molecule has 0 heterocycles.